The van der Waals surface area contributed by atoms with Crippen LogP contribution in [0.4, 0.5) is 5.69 Å². The van der Waals surface area contributed by atoms with E-state index in [1.54, 1.807) is 0 Å². The van der Waals surface area contributed by atoms with Gasteiger partial charge in [0.15, 0.2) is 0 Å². The molecule has 1 unspecified atom stereocenters. The molecule has 2 aromatic rings. The summed E-state index contributed by atoms with van der Waals surface area (Å²) in [5, 5.41) is 9.70. The van der Waals surface area contributed by atoms with Gasteiger partial charge in [0, 0.05) is 24.3 Å². The van der Waals surface area contributed by atoms with Crippen LogP contribution in [0.15, 0.2) is 36.4 Å². The number of rotatable bonds is 8. The maximum absolute atomic E-state index is 11.6. The number of nitrogens with one attached hydrogen (secondary N) is 2. The quantitative estimate of drug-likeness (QED) is 0.489. The second kappa shape index (κ2) is 10.5. The van der Waals surface area contributed by atoms with Gasteiger partial charge >= 0.3 is 5.97 Å². The summed E-state index contributed by atoms with van der Waals surface area (Å²) >= 11 is 0. The molecule has 0 radical (unpaired) electrons. The van der Waals surface area contributed by atoms with Crippen molar-refractivity contribution in [2.45, 2.75) is 85.4 Å². The van der Waals surface area contributed by atoms with E-state index in [2.05, 4.69) is 67.8 Å². The molecule has 0 heterocycles. The van der Waals surface area contributed by atoms with Crippen LogP contribution in [0.1, 0.15) is 72.3 Å². The molecule has 4 heteroatoms. The van der Waals surface area contributed by atoms with Crippen molar-refractivity contribution in [1.29, 1.82) is 0 Å². The molecule has 2 aromatic carbocycles. The van der Waals surface area contributed by atoms with E-state index in [1.807, 2.05) is 13.8 Å². The summed E-state index contributed by atoms with van der Waals surface area (Å²) in [5.74, 6) is 0.696. The minimum absolute atomic E-state index is 0.0923. The van der Waals surface area contributed by atoms with E-state index in [1.165, 1.54) is 47.7 Å². The Balaban J connectivity index is 1.54. The number of carbonyl (C=O) groups excluding carboxylic acids is 1. The van der Waals surface area contributed by atoms with Gasteiger partial charge in [-0.1, -0.05) is 39.0 Å². The number of benzene rings is 2. The van der Waals surface area contributed by atoms with Crippen LogP contribution >= 0.6 is 0 Å². The minimum atomic E-state index is -0.145. The molecule has 2 N–H and O–H groups in total. The Kier molecular flexibility index (Phi) is 7.99. The molecule has 0 saturated heterocycles. The first-order valence-corrected chi connectivity index (χ1v) is 11.9. The predicted molar refractivity (Wildman–Crippen MR) is 130 cm³/mol. The maximum Gasteiger partial charge on any atom is 0.307 e. The van der Waals surface area contributed by atoms with Crippen molar-refractivity contribution in [3.63, 3.8) is 0 Å². The Labute approximate surface area is 188 Å². The summed E-state index contributed by atoms with van der Waals surface area (Å²) in [6.45, 7) is 12.2. The zero-order chi connectivity index (χ0) is 22.4. The third-order valence-electron chi connectivity index (χ3n) is 6.66. The highest BCUT2D eigenvalue weighted by Crippen LogP contribution is 2.38. The maximum atomic E-state index is 11.6. The highest BCUT2D eigenvalue weighted by molar-refractivity contribution is 5.86. The molecule has 1 fully saturated rings. The van der Waals surface area contributed by atoms with E-state index in [4.69, 9.17) is 4.74 Å². The van der Waals surface area contributed by atoms with Crippen LogP contribution in [0.25, 0.3) is 10.8 Å². The Morgan fingerprint density at radius 2 is 1.74 bits per heavy atom. The molecule has 0 bridgehead atoms. The van der Waals surface area contributed by atoms with Gasteiger partial charge < -0.3 is 15.4 Å². The van der Waals surface area contributed by atoms with Crippen molar-refractivity contribution in [3.05, 3.63) is 42.0 Å². The molecule has 4 nitrogen and oxygen atoms in total. The molecule has 0 aromatic heterocycles. The molecule has 31 heavy (non-hydrogen) atoms. The molecular formula is C27H40N2O2. The van der Waals surface area contributed by atoms with Crippen molar-refractivity contribution in [2.24, 2.45) is 11.3 Å². The lowest BCUT2D eigenvalue weighted by Crippen LogP contribution is -2.31. The van der Waals surface area contributed by atoms with Gasteiger partial charge in [0.2, 0.25) is 0 Å². The number of carbonyl (C=O) groups is 1. The molecule has 1 aliphatic carbocycles. The van der Waals surface area contributed by atoms with Gasteiger partial charge in [0.25, 0.3) is 0 Å². The second-order valence-electron chi connectivity index (χ2n) is 10.2. The standard InChI is InChI=1S/C27H40N2O2/c1-6-31-26(30)15-19(2)28-18-20-7-8-22-17-25(12-9-21(22)16-20)29-24-13-10-23(11-14-24)27(3,4)5/h7-9,12,16-17,19,23-24,28-29H,6,10-11,13-15,18H2,1-5H3. The molecule has 3 rings (SSSR count). The van der Waals surface area contributed by atoms with Crippen molar-refractivity contribution >= 4 is 22.4 Å². The summed E-state index contributed by atoms with van der Waals surface area (Å²) in [6, 6.07) is 14.0. The molecule has 1 aliphatic rings. The average molecular weight is 425 g/mol. The van der Waals surface area contributed by atoms with Crippen molar-refractivity contribution in [3.8, 4) is 0 Å². The first kappa shape index (κ1) is 23.6. The Morgan fingerprint density at radius 3 is 2.42 bits per heavy atom. The van der Waals surface area contributed by atoms with Gasteiger partial charge in [-0.15, -0.1) is 0 Å². The summed E-state index contributed by atoms with van der Waals surface area (Å²) in [5.41, 5.74) is 2.88. The molecule has 1 atom stereocenters. The van der Waals surface area contributed by atoms with E-state index < -0.39 is 0 Å². The lowest BCUT2D eigenvalue weighted by molar-refractivity contribution is -0.143. The fraction of sp³-hybridized carbons (Fsp3) is 0.593. The molecule has 1 saturated carbocycles. The van der Waals surface area contributed by atoms with Gasteiger partial charge in [0.1, 0.15) is 0 Å². The van der Waals surface area contributed by atoms with Gasteiger partial charge in [-0.05, 0) is 85.4 Å². The van der Waals surface area contributed by atoms with Crippen molar-refractivity contribution < 1.29 is 9.53 Å². The SMILES string of the molecule is CCOC(=O)CC(C)NCc1ccc2cc(NC3CCC(C(C)(C)C)CC3)ccc2c1. The highest BCUT2D eigenvalue weighted by Gasteiger charge is 2.29. The predicted octanol–water partition coefficient (Wildman–Crippen LogP) is 6.29. The van der Waals surface area contributed by atoms with Crippen LogP contribution in [0.2, 0.25) is 0 Å². The first-order valence-electron chi connectivity index (χ1n) is 11.9. The van der Waals surface area contributed by atoms with Crippen molar-refractivity contribution in [2.75, 3.05) is 11.9 Å². The fourth-order valence-electron chi connectivity index (χ4n) is 4.67. The van der Waals surface area contributed by atoms with Crippen molar-refractivity contribution in [1.82, 2.24) is 5.32 Å². The monoisotopic (exact) mass is 424 g/mol. The summed E-state index contributed by atoms with van der Waals surface area (Å²) in [7, 11) is 0. The molecule has 0 spiro atoms. The largest absolute Gasteiger partial charge is 0.466 e. The fourth-order valence-corrected chi connectivity index (χ4v) is 4.67. The van der Waals surface area contributed by atoms with Crippen LogP contribution < -0.4 is 10.6 Å². The summed E-state index contributed by atoms with van der Waals surface area (Å²) < 4.78 is 5.02. The Hall–Kier alpha value is -2.07. The van der Waals surface area contributed by atoms with E-state index in [0.29, 0.717) is 24.5 Å². The molecule has 0 aliphatic heterocycles. The topological polar surface area (TPSA) is 50.4 Å². The van der Waals surface area contributed by atoms with E-state index in [0.717, 1.165) is 12.5 Å². The normalized spacial score (nSPS) is 20.4. The third kappa shape index (κ3) is 6.96. The first-order chi connectivity index (χ1) is 14.7. The Morgan fingerprint density at radius 1 is 1.06 bits per heavy atom. The Bertz CT molecular complexity index is 863. The highest BCUT2D eigenvalue weighted by atomic mass is 16.5. The minimum Gasteiger partial charge on any atom is -0.466 e. The second-order valence-corrected chi connectivity index (χ2v) is 10.2. The lowest BCUT2D eigenvalue weighted by atomic mass is 9.71. The average Bonchev–Trinajstić information content (AvgIpc) is 2.72. The third-order valence-corrected chi connectivity index (χ3v) is 6.66. The number of esters is 1. The van der Waals surface area contributed by atoms with Crippen LogP contribution in [-0.2, 0) is 16.1 Å². The van der Waals surface area contributed by atoms with Crippen LogP contribution in [0.3, 0.4) is 0 Å². The van der Waals surface area contributed by atoms with Gasteiger partial charge in [0.05, 0.1) is 13.0 Å². The molecular weight excluding hydrogens is 384 g/mol. The zero-order valence-electron chi connectivity index (χ0n) is 20.0. The van der Waals surface area contributed by atoms with E-state index in [-0.39, 0.29) is 12.0 Å². The van der Waals surface area contributed by atoms with Gasteiger partial charge in [-0.25, -0.2) is 0 Å². The van der Waals surface area contributed by atoms with Gasteiger partial charge in [-0.3, -0.25) is 4.79 Å². The lowest BCUT2D eigenvalue weighted by Gasteiger charge is -2.37. The van der Waals surface area contributed by atoms with E-state index in [9.17, 15) is 4.79 Å². The number of fused-ring (bicyclic) bond motifs is 1. The summed E-state index contributed by atoms with van der Waals surface area (Å²) in [4.78, 5) is 11.6. The zero-order valence-corrected chi connectivity index (χ0v) is 20.0. The van der Waals surface area contributed by atoms with Gasteiger partial charge in [-0.2, -0.15) is 0 Å². The smallest absolute Gasteiger partial charge is 0.307 e. The van der Waals surface area contributed by atoms with Crippen LogP contribution in [0, 0.1) is 11.3 Å². The number of hydrogen-bond acceptors (Lipinski definition) is 4. The molecule has 170 valence electrons. The number of ether oxygens (including phenoxy) is 1. The number of hydrogen-bond donors (Lipinski definition) is 2. The van der Waals surface area contributed by atoms with Crippen LogP contribution in [0.5, 0.6) is 0 Å². The number of anilines is 1. The van der Waals surface area contributed by atoms with Crippen LogP contribution in [-0.4, -0.2) is 24.7 Å². The summed E-state index contributed by atoms with van der Waals surface area (Å²) in [6.07, 6.45) is 5.55. The molecule has 0 amide bonds. The van der Waals surface area contributed by atoms with E-state index >= 15 is 0 Å².